The Labute approximate surface area is 136 Å². The van der Waals surface area contributed by atoms with Crippen LogP contribution < -0.4 is 15.4 Å². The molecule has 0 aliphatic rings. The van der Waals surface area contributed by atoms with Gasteiger partial charge < -0.3 is 19.8 Å². The molecule has 0 saturated heterocycles. The van der Waals surface area contributed by atoms with E-state index in [2.05, 4.69) is 10.6 Å². The number of carbonyl (C=O) groups excluding carboxylic acids is 1. The first-order valence-electron chi connectivity index (χ1n) is 7.40. The lowest BCUT2D eigenvalue weighted by Crippen LogP contribution is -2.36. The Kier molecular flexibility index (Phi) is 5.65. The molecule has 1 atom stereocenters. The molecule has 1 unspecified atom stereocenters. The van der Waals surface area contributed by atoms with E-state index in [0.29, 0.717) is 6.54 Å². The summed E-state index contributed by atoms with van der Waals surface area (Å²) in [6, 6.07) is 8.97. The summed E-state index contributed by atoms with van der Waals surface area (Å²) >= 11 is 0. The average molecular weight is 317 g/mol. The minimum absolute atomic E-state index is 0.0200. The lowest BCUT2D eigenvalue weighted by atomic mass is 10.2. The predicted molar refractivity (Wildman–Crippen MR) is 89.9 cm³/mol. The van der Waals surface area contributed by atoms with Gasteiger partial charge in [0.25, 0.3) is 0 Å². The van der Waals surface area contributed by atoms with Crippen molar-refractivity contribution in [2.75, 3.05) is 33.1 Å². The van der Waals surface area contributed by atoms with Crippen LogP contribution in [-0.4, -0.2) is 38.7 Å². The van der Waals surface area contributed by atoms with Crippen molar-refractivity contribution in [3.63, 3.8) is 0 Å². The number of hydrogen-bond donors (Lipinski definition) is 2. The van der Waals surface area contributed by atoms with Crippen LogP contribution in [0, 0.1) is 6.92 Å². The van der Waals surface area contributed by atoms with Gasteiger partial charge in [0.1, 0.15) is 11.5 Å². The van der Waals surface area contributed by atoms with Crippen LogP contribution in [0.25, 0.3) is 0 Å². The number of hydrogen-bond acceptors (Lipinski definition) is 4. The number of amides is 2. The standard InChI is InChI=1S/C17H23N3O3/c1-12-10-13(7-8-15(12)22-4)19-17(21)18-11-14(20(2)3)16-6-5-9-23-16/h5-10,14H,11H2,1-4H3,(H2,18,19,21). The molecule has 0 saturated carbocycles. The molecule has 0 radical (unpaired) electrons. The number of nitrogens with one attached hydrogen (secondary N) is 2. The quantitative estimate of drug-likeness (QED) is 0.859. The summed E-state index contributed by atoms with van der Waals surface area (Å²) in [6.07, 6.45) is 1.63. The summed E-state index contributed by atoms with van der Waals surface area (Å²) in [7, 11) is 5.51. The highest BCUT2D eigenvalue weighted by molar-refractivity contribution is 5.89. The van der Waals surface area contributed by atoms with Crippen molar-refractivity contribution in [1.82, 2.24) is 10.2 Å². The fourth-order valence-corrected chi connectivity index (χ4v) is 2.34. The van der Waals surface area contributed by atoms with E-state index >= 15 is 0 Å². The van der Waals surface area contributed by atoms with Crippen LogP contribution in [0.2, 0.25) is 0 Å². The third-order valence-corrected chi connectivity index (χ3v) is 3.60. The molecule has 6 heteroatoms. The van der Waals surface area contributed by atoms with Gasteiger partial charge in [-0.1, -0.05) is 0 Å². The predicted octanol–water partition coefficient (Wildman–Crippen LogP) is 3.02. The average Bonchev–Trinajstić information content (AvgIpc) is 3.01. The Morgan fingerprint density at radius 2 is 2.13 bits per heavy atom. The molecule has 0 fully saturated rings. The van der Waals surface area contributed by atoms with Gasteiger partial charge in [-0.2, -0.15) is 0 Å². The van der Waals surface area contributed by atoms with Crippen molar-refractivity contribution in [2.24, 2.45) is 0 Å². The maximum absolute atomic E-state index is 12.1. The van der Waals surface area contributed by atoms with E-state index in [0.717, 1.165) is 22.8 Å². The molecule has 1 heterocycles. The van der Waals surface area contributed by atoms with Crippen molar-refractivity contribution in [3.05, 3.63) is 47.9 Å². The zero-order valence-electron chi connectivity index (χ0n) is 13.9. The Balaban J connectivity index is 1.93. The van der Waals surface area contributed by atoms with Crippen molar-refractivity contribution in [2.45, 2.75) is 13.0 Å². The molecule has 6 nitrogen and oxygen atoms in total. The van der Waals surface area contributed by atoms with Crippen LogP contribution in [0.1, 0.15) is 17.4 Å². The molecule has 1 aromatic heterocycles. The molecule has 0 spiro atoms. The fraction of sp³-hybridized carbons (Fsp3) is 0.353. The molecule has 23 heavy (non-hydrogen) atoms. The van der Waals surface area contributed by atoms with Gasteiger partial charge in [-0.15, -0.1) is 0 Å². The summed E-state index contributed by atoms with van der Waals surface area (Å²) in [5.74, 6) is 1.61. The first kappa shape index (κ1) is 16.9. The van der Waals surface area contributed by atoms with Crippen LogP contribution >= 0.6 is 0 Å². The third-order valence-electron chi connectivity index (χ3n) is 3.60. The second-order valence-corrected chi connectivity index (χ2v) is 5.51. The van der Waals surface area contributed by atoms with Crippen molar-refractivity contribution in [1.29, 1.82) is 0 Å². The minimum Gasteiger partial charge on any atom is -0.496 e. The minimum atomic E-state index is -0.257. The number of rotatable bonds is 6. The van der Waals surface area contributed by atoms with E-state index in [1.807, 2.05) is 50.2 Å². The zero-order chi connectivity index (χ0) is 16.8. The van der Waals surface area contributed by atoms with Gasteiger partial charge in [-0.05, 0) is 56.9 Å². The number of carbonyl (C=O) groups is 1. The van der Waals surface area contributed by atoms with Gasteiger partial charge in [-0.3, -0.25) is 4.90 Å². The highest BCUT2D eigenvalue weighted by Crippen LogP contribution is 2.21. The van der Waals surface area contributed by atoms with Crippen LogP contribution in [0.3, 0.4) is 0 Å². The molecule has 2 aromatic rings. The number of aryl methyl sites for hydroxylation is 1. The van der Waals surface area contributed by atoms with E-state index in [4.69, 9.17) is 9.15 Å². The SMILES string of the molecule is COc1ccc(NC(=O)NCC(c2ccco2)N(C)C)cc1C. The number of likely N-dealkylation sites (N-methyl/N-ethyl adjacent to an activating group) is 1. The summed E-state index contributed by atoms with van der Waals surface area (Å²) in [5.41, 5.74) is 1.69. The van der Waals surface area contributed by atoms with Crippen LogP contribution in [0.4, 0.5) is 10.5 Å². The number of methoxy groups -OCH3 is 1. The molecule has 124 valence electrons. The second-order valence-electron chi connectivity index (χ2n) is 5.51. The van der Waals surface area contributed by atoms with E-state index in [1.165, 1.54) is 0 Å². The van der Waals surface area contributed by atoms with Gasteiger partial charge in [0.05, 0.1) is 19.4 Å². The van der Waals surface area contributed by atoms with Gasteiger partial charge in [0.15, 0.2) is 0 Å². The van der Waals surface area contributed by atoms with Crippen LogP contribution in [0.5, 0.6) is 5.75 Å². The Morgan fingerprint density at radius 1 is 1.35 bits per heavy atom. The fourth-order valence-electron chi connectivity index (χ4n) is 2.34. The molecular formula is C17H23N3O3. The Bertz CT molecular complexity index is 639. The number of ether oxygens (including phenoxy) is 1. The number of nitrogens with zero attached hydrogens (tertiary/aromatic N) is 1. The summed E-state index contributed by atoms with van der Waals surface area (Å²) < 4.78 is 10.6. The molecule has 0 aliphatic carbocycles. The largest absolute Gasteiger partial charge is 0.496 e. The van der Waals surface area contributed by atoms with Crippen LogP contribution in [-0.2, 0) is 0 Å². The van der Waals surface area contributed by atoms with Gasteiger partial charge in [-0.25, -0.2) is 4.79 Å². The molecule has 0 aliphatic heterocycles. The van der Waals surface area contributed by atoms with Crippen molar-refractivity contribution >= 4 is 11.7 Å². The van der Waals surface area contributed by atoms with Gasteiger partial charge in [0, 0.05) is 12.2 Å². The highest BCUT2D eigenvalue weighted by atomic mass is 16.5. The van der Waals surface area contributed by atoms with E-state index in [-0.39, 0.29) is 12.1 Å². The van der Waals surface area contributed by atoms with E-state index < -0.39 is 0 Å². The molecule has 2 amide bonds. The molecule has 2 rings (SSSR count). The zero-order valence-corrected chi connectivity index (χ0v) is 13.9. The topological polar surface area (TPSA) is 66.7 Å². The van der Waals surface area contributed by atoms with E-state index in [9.17, 15) is 4.79 Å². The normalized spacial score (nSPS) is 12.0. The number of furan rings is 1. The van der Waals surface area contributed by atoms with E-state index in [1.54, 1.807) is 19.4 Å². The first-order valence-corrected chi connectivity index (χ1v) is 7.40. The molecule has 0 bridgehead atoms. The smallest absolute Gasteiger partial charge is 0.319 e. The summed E-state index contributed by atoms with van der Waals surface area (Å²) in [4.78, 5) is 14.1. The van der Waals surface area contributed by atoms with Gasteiger partial charge >= 0.3 is 6.03 Å². The molecule has 2 N–H and O–H groups in total. The first-order chi connectivity index (χ1) is 11.0. The molecular weight excluding hydrogens is 294 g/mol. The maximum Gasteiger partial charge on any atom is 0.319 e. The van der Waals surface area contributed by atoms with Gasteiger partial charge in [0.2, 0.25) is 0 Å². The lowest BCUT2D eigenvalue weighted by Gasteiger charge is -2.22. The number of urea groups is 1. The monoisotopic (exact) mass is 317 g/mol. The summed E-state index contributed by atoms with van der Waals surface area (Å²) in [5, 5.41) is 5.68. The third kappa shape index (κ3) is 4.50. The highest BCUT2D eigenvalue weighted by Gasteiger charge is 2.17. The lowest BCUT2D eigenvalue weighted by molar-refractivity contribution is 0.233. The maximum atomic E-state index is 12.1. The second kappa shape index (κ2) is 7.69. The van der Waals surface area contributed by atoms with Crippen molar-refractivity contribution < 1.29 is 13.9 Å². The number of benzene rings is 1. The number of anilines is 1. The Hall–Kier alpha value is -2.47. The molecule has 1 aromatic carbocycles. The summed E-state index contributed by atoms with van der Waals surface area (Å²) in [6.45, 7) is 2.38. The van der Waals surface area contributed by atoms with Crippen LogP contribution in [0.15, 0.2) is 41.0 Å². The Morgan fingerprint density at radius 3 is 2.70 bits per heavy atom. The van der Waals surface area contributed by atoms with Crippen molar-refractivity contribution in [3.8, 4) is 5.75 Å².